The van der Waals surface area contributed by atoms with Crippen LogP contribution >= 0.6 is 0 Å². The van der Waals surface area contributed by atoms with E-state index in [0.29, 0.717) is 19.3 Å². The average Bonchev–Trinajstić information content (AvgIpc) is 2.41. The minimum atomic E-state index is -1.24. The van der Waals surface area contributed by atoms with Crippen molar-refractivity contribution in [1.82, 2.24) is 0 Å². The Kier molecular flexibility index (Phi) is 7.76. The highest BCUT2D eigenvalue weighted by atomic mass is 16.5. The molecule has 0 spiro atoms. The number of esters is 2. The van der Waals surface area contributed by atoms with Crippen LogP contribution in [0.1, 0.15) is 32.6 Å². The van der Waals surface area contributed by atoms with E-state index in [0.717, 1.165) is 6.42 Å². The summed E-state index contributed by atoms with van der Waals surface area (Å²) >= 11 is 0. The van der Waals surface area contributed by atoms with Crippen molar-refractivity contribution in [3.8, 4) is 0 Å². The molecule has 0 atom stereocenters. The van der Waals surface area contributed by atoms with Gasteiger partial charge in [-0.1, -0.05) is 18.2 Å². The van der Waals surface area contributed by atoms with Crippen LogP contribution in [-0.4, -0.2) is 26.2 Å². The van der Waals surface area contributed by atoms with Gasteiger partial charge >= 0.3 is 11.9 Å². The van der Waals surface area contributed by atoms with Crippen molar-refractivity contribution in [3.05, 3.63) is 24.8 Å². The first kappa shape index (κ1) is 16.4. The van der Waals surface area contributed by atoms with Crippen molar-refractivity contribution in [2.45, 2.75) is 32.6 Å². The SMILES string of the molecule is C=CCCCC(C/C=C/C)(C(=O)OC)C(=O)OC. The molecule has 0 N–H and O–H groups in total. The molecule has 0 aliphatic heterocycles. The van der Waals surface area contributed by atoms with Gasteiger partial charge in [0.2, 0.25) is 0 Å². The first-order chi connectivity index (χ1) is 8.58. The van der Waals surface area contributed by atoms with Gasteiger partial charge in [0.25, 0.3) is 0 Å². The lowest BCUT2D eigenvalue weighted by Crippen LogP contribution is -2.41. The topological polar surface area (TPSA) is 52.6 Å². The van der Waals surface area contributed by atoms with Gasteiger partial charge < -0.3 is 9.47 Å². The van der Waals surface area contributed by atoms with E-state index >= 15 is 0 Å². The maximum atomic E-state index is 12.0. The number of allylic oxidation sites excluding steroid dienone is 3. The molecule has 0 radical (unpaired) electrons. The van der Waals surface area contributed by atoms with E-state index in [-0.39, 0.29) is 0 Å². The molecular formula is C14H22O4. The number of carbonyl (C=O) groups is 2. The van der Waals surface area contributed by atoms with Crippen LogP contribution < -0.4 is 0 Å². The zero-order valence-corrected chi connectivity index (χ0v) is 11.4. The standard InChI is InChI=1S/C14H22O4/c1-5-7-9-11-14(10-8-6-2,12(15)17-3)13(16)18-4/h5-6,8H,1,7,9-11H2,2-4H3/b8-6+. The summed E-state index contributed by atoms with van der Waals surface area (Å²) in [6.45, 7) is 5.46. The Hall–Kier alpha value is -1.58. The predicted molar refractivity (Wildman–Crippen MR) is 69.9 cm³/mol. The van der Waals surface area contributed by atoms with Gasteiger partial charge in [0, 0.05) is 0 Å². The zero-order valence-electron chi connectivity index (χ0n) is 11.4. The van der Waals surface area contributed by atoms with Crippen LogP contribution in [0.25, 0.3) is 0 Å². The van der Waals surface area contributed by atoms with Crippen LogP contribution in [-0.2, 0) is 19.1 Å². The van der Waals surface area contributed by atoms with Gasteiger partial charge in [0.1, 0.15) is 0 Å². The summed E-state index contributed by atoms with van der Waals surface area (Å²) in [5, 5.41) is 0. The second kappa shape index (κ2) is 8.50. The molecule has 0 saturated heterocycles. The molecule has 0 saturated carbocycles. The first-order valence-electron chi connectivity index (χ1n) is 5.98. The molecule has 0 bridgehead atoms. The minimum absolute atomic E-state index is 0.292. The molecule has 0 aliphatic rings. The van der Waals surface area contributed by atoms with Gasteiger partial charge in [-0.2, -0.15) is 0 Å². The lowest BCUT2D eigenvalue weighted by atomic mass is 9.79. The average molecular weight is 254 g/mol. The fraction of sp³-hybridized carbons (Fsp3) is 0.571. The van der Waals surface area contributed by atoms with Crippen molar-refractivity contribution in [2.24, 2.45) is 5.41 Å². The molecule has 4 heteroatoms. The van der Waals surface area contributed by atoms with Gasteiger partial charge in [-0.05, 0) is 32.6 Å². The Bertz CT molecular complexity index is 302. The summed E-state index contributed by atoms with van der Waals surface area (Å²) in [5.74, 6) is -1.09. The molecule has 0 aliphatic carbocycles. The third-order valence-corrected chi connectivity index (χ3v) is 2.87. The van der Waals surface area contributed by atoms with Crippen LogP contribution in [0.3, 0.4) is 0 Å². The van der Waals surface area contributed by atoms with Crippen molar-refractivity contribution < 1.29 is 19.1 Å². The van der Waals surface area contributed by atoms with Crippen LogP contribution in [0, 0.1) is 5.41 Å². The van der Waals surface area contributed by atoms with E-state index in [9.17, 15) is 9.59 Å². The fourth-order valence-corrected chi connectivity index (χ4v) is 1.81. The Morgan fingerprint density at radius 3 is 2.17 bits per heavy atom. The van der Waals surface area contributed by atoms with E-state index in [1.165, 1.54) is 14.2 Å². The van der Waals surface area contributed by atoms with Crippen molar-refractivity contribution >= 4 is 11.9 Å². The number of hydrogen-bond acceptors (Lipinski definition) is 4. The van der Waals surface area contributed by atoms with Gasteiger partial charge in [-0.3, -0.25) is 9.59 Å². The van der Waals surface area contributed by atoms with E-state index in [4.69, 9.17) is 9.47 Å². The summed E-state index contributed by atoms with van der Waals surface area (Å²) in [6.07, 6.45) is 7.45. The minimum Gasteiger partial charge on any atom is -0.468 e. The molecule has 0 aromatic rings. The number of rotatable bonds is 8. The van der Waals surface area contributed by atoms with E-state index in [1.807, 2.05) is 6.92 Å². The molecule has 102 valence electrons. The highest BCUT2D eigenvalue weighted by molar-refractivity contribution is 6.00. The van der Waals surface area contributed by atoms with Crippen molar-refractivity contribution in [1.29, 1.82) is 0 Å². The van der Waals surface area contributed by atoms with E-state index in [2.05, 4.69) is 6.58 Å². The van der Waals surface area contributed by atoms with Crippen molar-refractivity contribution in [2.75, 3.05) is 14.2 Å². The van der Waals surface area contributed by atoms with Gasteiger partial charge in [0.15, 0.2) is 5.41 Å². The number of carbonyl (C=O) groups excluding carboxylic acids is 2. The zero-order chi connectivity index (χ0) is 14.0. The third kappa shape index (κ3) is 4.02. The molecule has 0 aromatic heterocycles. The summed E-state index contributed by atoms with van der Waals surface area (Å²) in [6, 6.07) is 0. The molecular weight excluding hydrogens is 232 g/mol. The lowest BCUT2D eigenvalue weighted by Gasteiger charge is -2.26. The Morgan fingerprint density at radius 2 is 1.78 bits per heavy atom. The highest BCUT2D eigenvalue weighted by Crippen LogP contribution is 2.33. The molecule has 0 amide bonds. The number of methoxy groups -OCH3 is 2. The largest absolute Gasteiger partial charge is 0.468 e. The maximum Gasteiger partial charge on any atom is 0.323 e. The Morgan fingerprint density at radius 1 is 1.22 bits per heavy atom. The lowest BCUT2D eigenvalue weighted by molar-refractivity contribution is -0.169. The molecule has 0 rings (SSSR count). The number of unbranched alkanes of at least 4 members (excludes halogenated alkanes) is 1. The van der Waals surface area contributed by atoms with Crippen molar-refractivity contribution in [3.63, 3.8) is 0 Å². The molecule has 0 heterocycles. The van der Waals surface area contributed by atoms with Gasteiger partial charge in [-0.15, -0.1) is 6.58 Å². The number of hydrogen-bond donors (Lipinski definition) is 0. The monoisotopic (exact) mass is 254 g/mol. The fourth-order valence-electron chi connectivity index (χ4n) is 1.81. The normalized spacial score (nSPS) is 11.3. The molecule has 4 nitrogen and oxygen atoms in total. The summed E-state index contributed by atoms with van der Waals surface area (Å²) in [4.78, 5) is 23.9. The first-order valence-corrected chi connectivity index (χ1v) is 5.98. The smallest absolute Gasteiger partial charge is 0.323 e. The van der Waals surface area contributed by atoms with E-state index in [1.54, 1.807) is 18.2 Å². The molecule has 18 heavy (non-hydrogen) atoms. The third-order valence-electron chi connectivity index (χ3n) is 2.87. The quantitative estimate of drug-likeness (QED) is 0.289. The molecule has 0 aromatic carbocycles. The van der Waals surface area contributed by atoms with Crippen LogP contribution in [0.15, 0.2) is 24.8 Å². The second-order valence-electron chi connectivity index (χ2n) is 4.02. The van der Waals surface area contributed by atoms with Gasteiger partial charge in [-0.25, -0.2) is 0 Å². The second-order valence-corrected chi connectivity index (χ2v) is 4.02. The molecule has 0 unspecified atom stereocenters. The van der Waals surface area contributed by atoms with E-state index < -0.39 is 17.4 Å². The van der Waals surface area contributed by atoms with Crippen LogP contribution in [0.4, 0.5) is 0 Å². The molecule has 0 fully saturated rings. The van der Waals surface area contributed by atoms with Gasteiger partial charge in [0.05, 0.1) is 14.2 Å². The van der Waals surface area contributed by atoms with Crippen LogP contribution in [0.5, 0.6) is 0 Å². The summed E-state index contributed by atoms with van der Waals surface area (Å²) in [7, 11) is 2.56. The predicted octanol–water partition coefficient (Wildman–Crippen LogP) is 2.64. The Balaban J connectivity index is 5.17. The number of ether oxygens (including phenoxy) is 2. The Labute approximate surface area is 109 Å². The van der Waals surface area contributed by atoms with Crippen LogP contribution in [0.2, 0.25) is 0 Å². The summed E-state index contributed by atoms with van der Waals surface area (Å²) < 4.78 is 9.53. The maximum absolute atomic E-state index is 12.0. The summed E-state index contributed by atoms with van der Waals surface area (Å²) in [5.41, 5.74) is -1.24. The highest BCUT2D eigenvalue weighted by Gasteiger charge is 2.46.